The zero-order chi connectivity index (χ0) is 9.42. The molecule has 1 aromatic carbocycles. The summed E-state index contributed by atoms with van der Waals surface area (Å²) in [6.45, 7) is 2.12. The van der Waals surface area contributed by atoms with Crippen LogP contribution in [0.1, 0.15) is 29.2 Å². The van der Waals surface area contributed by atoms with Crippen molar-refractivity contribution in [3.63, 3.8) is 0 Å². The van der Waals surface area contributed by atoms with E-state index in [1.165, 1.54) is 16.7 Å². The number of hydrogen-bond donors (Lipinski definition) is 1. The van der Waals surface area contributed by atoms with Gasteiger partial charge in [-0.1, -0.05) is 0 Å². The zero-order valence-electron chi connectivity index (χ0n) is 8.13. The Morgan fingerprint density at radius 3 is 2.92 bits per heavy atom. The molecule has 0 aliphatic heterocycles. The van der Waals surface area contributed by atoms with Gasteiger partial charge in [-0.3, -0.25) is 0 Å². The Bertz CT molecular complexity index is 333. The minimum atomic E-state index is 0.212. The van der Waals surface area contributed by atoms with Crippen molar-refractivity contribution in [1.82, 2.24) is 0 Å². The normalized spacial score (nSPS) is 20.1. The number of aryl methyl sites for hydroxylation is 1. The topological polar surface area (TPSA) is 35.2 Å². The van der Waals surface area contributed by atoms with E-state index in [0.29, 0.717) is 0 Å². The fourth-order valence-corrected chi connectivity index (χ4v) is 2.06. The van der Waals surface area contributed by atoms with Crippen LogP contribution in [0.2, 0.25) is 0 Å². The van der Waals surface area contributed by atoms with Crippen molar-refractivity contribution in [1.29, 1.82) is 0 Å². The van der Waals surface area contributed by atoms with Gasteiger partial charge in [-0.15, -0.1) is 0 Å². The van der Waals surface area contributed by atoms with Crippen molar-refractivity contribution in [3.05, 3.63) is 28.8 Å². The Morgan fingerprint density at radius 2 is 2.23 bits per heavy atom. The predicted octanol–water partition coefficient (Wildman–Crippen LogP) is 1.95. The van der Waals surface area contributed by atoms with Crippen LogP contribution in [0.15, 0.2) is 12.1 Å². The minimum Gasteiger partial charge on any atom is -0.497 e. The monoisotopic (exact) mass is 177 g/mol. The average Bonchev–Trinajstić information content (AvgIpc) is 2.48. The maximum atomic E-state index is 5.98. The molecular weight excluding hydrogens is 162 g/mol. The number of rotatable bonds is 1. The first kappa shape index (κ1) is 8.57. The molecule has 70 valence electrons. The van der Waals surface area contributed by atoms with Crippen molar-refractivity contribution in [2.75, 3.05) is 7.11 Å². The molecule has 0 saturated heterocycles. The lowest BCUT2D eigenvalue weighted by Crippen LogP contribution is -2.05. The molecule has 0 fully saturated rings. The number of hydrogen-bond acceptors (Lipinski definition) is 2. The van der Waals surface area contributed by atoms with Gasteiger partial charge in [-0.25, -0.2) is 0 Å². The van der Waals surface area contributed by atoms with Gasteiger partial charge in [0.2, 0.25) is 0 Å². The highest BCUT2D eigenvalue weighted by Crippen LogP contribution is 2.34. The van der Waals surface area contributed by atoms with Crippen LogP contribution < -0.4 is 10.5 Å². The Morgan fingerprint density at radius 1 is 1.46 bits per heavy atom. The molecule has 0 spiro atoms. The summed E-state index contributed by atoms with van der Waals surface area (Å²) in [4.78, 5) is 0. The second-order valence-corrected chi connectivity index (χ2v) is 3.66. The summed E-state index contributed by atoms with van der Waals surface area (Å²) in [5, 5.41) is 0. The van der Waals surface area contributed by atoms with Crippen molar-refractivity contribution in [2.45, 2.75) is 25.8 Å². The number of ether oxygens (including phenoxy) is 1. The summed E-state index contributed by atoms with van der Waals surface area (Å²) in [6, 6.07) is 4.36. The third-order valence-corrected chi connectivity index (χ3v) is 2.82. The highest BCUT2D eigenvalue weighted by Gasteiger charge is 2.21. The fourth-order valence-electron chi connectivity index (χ4n) is 2.06. The molecule has 0 unspecified atom stereocenters. The van der Waals surface area contributed by atoms with Gasteiger partial charge in [0.05, 0.1) is 7.11 Å². The van der Waals surface area contributed by atoms with Crippen LogP contribution in [-0.4, -0.2) is 7.11 Å². The fraction of sp³-hybridized carbons (Fsp3) is 0.455. The van der Waals surface area contributed by atoms with Crippen LogP contribution in [0.5, 0.6) is 5.75 Å². The summed E-state index contributed by atoms with van der Waals surface area (Å²) >= 11 is 0. The summed E-state index contributed by atoms with van der Waals surface area (Å²) in [5.74, 6) is 0.925. The zero-order valence-corrected chi connectivity index (χ0v) is 8.13. The summed E-state index contributed by atoms with van der Waals surface area (Å²) in [5.41, 5.74) is 9.99. The molecule has 0 heterocycles. The maximum Gasteiger partial charge on any atom is 0.119 e. The van der Waals surface area contributed by atoms with Gasteiger partial charge in [0, 0.05) is 6.04 Å². The summed E-state index contributed by atoms with van der Waals surface area (Å²) in [6.07, 6.45) is 2.19. The minimum absolute atomic E-state index is 0.212. The van der Waals surface area contributed by atoms with E-state index in [4.69, 9.17) is 10.5 Å². The van der Waals surface area contributed by atoms with Gasteiger partial charge >= 0.3 is 0 Å². The first-order valence-electron chi connectivity index (χ1n) is 4.65. The average molecular weight is 177 g/mol. The van der Waals surface area contributed by atoms with Crippen LogP contribution in [0.25, 0.3) is 0 Å². The molecule has 13 heavy (non-hydrogen) atoms. The number of benzene rings is 1. The van der Waals surface area contributed by atoms with Crippen LogP contribution in [0, 0.1) is 6.92 Å². The number of methoxy groups -OCH3 is 1. The molecule has 1 aromatic rings. The molecule has 1 aliphatic rings. The maximum absolute atomic E-state index is 5.98. The van der Waals surface area contributed by atoms with E-state index in [1.807, 2.05) is 0 Å². The lowest BCUT2D eigenvalue weighted by atomic mass is 10.0. The van der Waals surface area contributed by atoms with Crippen LogP contribution in [-0.2, 0) is 6.42 Å². The van der Waals surface area contributed by atoms with E-state index in [1.54, 1.807) is 7.11 Å². The Balaban J connectivity index is 2.53. The first-order valence-corrected chi connectivity index (χ1v) is 4.65. The molecular formula is C11H15NO. The third-order valence-electron chi connectivity index (χ3n) is 2.82. The predicted molar refractivity (Wildman–Crippen MR) is 53.0 cm³/mol. The van der Waals surface area contributed by atoms with E-state index >= 15 is 0 Å². The first-order chi connectivity index (χ1) is 6.22. The Labute approximate surface area is 78.7 Å². The van der Waals surface area contributed by atoms with Crippen LogP contribution in [0.3, 0.4) is 0 Å². The lowest BCUT2D eigenvalue weighted by molar-refractivity contribution is 0.413. The Hall–Kier alpha value is -1.02. The SMILES string of the molecule is COc1cc(C)c2c(c1)[C@@H](N)CC2. The molecule has 2 heteroatoms. The second-order valence-electron chi connectivity index (χ2n) is 3.66. The van der Waals surface area contributed by atoms with Crippen molar-refractivity contribution in [2.24, 2.45) is 5.73 Å². The molecule has 1 atom stereocenters. The van der Waals surface area contributed by atoms with Gasteiger partial charge in [0.15, 0.2) is 0 Å². The van der Waals surface area contributed by atoms with E-state index in [-0.39, 0.29) is 6.04 Å². The molecule has 0 bridgehead atoms. The largest absolute Gasteiger partial charge is 0.497 e. The number of nitrogens with two attached hydrogens (primary N) is 1. The van der Waals surface area contributed by atoms with Crippen molar-refractivity contribution >= 4 is 0 Å². The van der Waals surface area contributed by atoms with Crippen LogP contribution in [0.4, 0.5) is 0 Å². The molecule has 1 aliphatic carbocycles. The second kappa shape index (κ2) is 3.04. The highest BCUT2D eigenvalue weighted by atomic mass is 16.5. The molecule has 0 amide bonds. The molecule has 2 rings (SSSR count). The van der Waals surface area contributed by atoms with Gasteiger partial charge in [-0.2, -0.15) is 0 Å². The van der Waals surface area contributed by atoms with Crippen molar-refractivity contribution < 1.29 is 4.74 Å². The highest BCUT2D eigenvalue weighted by molar-refractivity contribution is 5.45. The van der Waals surface area contributed by atoms with E-state index in [9.17, 15) is 0 Å². The molecule has 0 saturated carbocycles. The molecule has 0 radical (unpaired) electrons. The van der Waals surface area contributed by atoms with Gasteiger partial charge in [0.25, 0.3) is 0 Å². The molecule has 2 nitrogen and oxygen atoms in total. The van der Waals surface area contributed by atoms with E-state index in [2.05, 4.69) is 19.1 Å². The smallest absolute Gasteiger partial charge is 0.119 e. The van der Waals surface area contributed by atoms with Gasteiger partial charge in [-0.05, 0) is 48.6 Å². The third kappa shape index (κ3) is 1.31. The summed E-state index contributed by atoms with van der Waals surface area (Å²) < 4.78 is 5.21. The van der Waals surface area contributed by atoms with Crippen LogP contribution >= 0.6 is 0 Å². The Kier molecular flexibility index (Phi) is 2.00. The van der Waals surface area contributed by atoms with Gasteiger partial charge < -0.3 is 10.5 Å². The van der Waals surface area contributed by atoms with E-state index < -0.39 is 0 Å². The standard InChI is InChI=1S/C11H15NO/c1-7-5-8(13-2)6-10-9(7)3-4-11(10)12/h5-6,11H,3-4,12H2,1-2H3/t11-/m0/s1. The van der Waals surface area contributed by atoms with Crippen molar-refractivity contribution in [3.8, 4) is 5.75 Å². The number of fused-ring (bicyclic) bond motifs is 1. The lowest BCUT2D eigenvalue weighted by Gasteiger charge is -2.09. The summed E-state index contributed by atoms with van der Waals surface area (Å²) in [7, 11) is 1.70. The molecule has 0 aromatic heterocycles. The molecule has 2 N–H and O–H groups in total. The quantitative estimate of drug-likeness (QED) is 0.711. The van der Waals surface area contributed by atoms with Gasteiger partial charge in [0.1, 0.15) is 5.75 Å². The van der Waals surface area contributed by atoms with E-state index in [0.717, 1.165) is 18.6 Å².